The molecule has 0 saturated heterocycles. The lowest BCUT2D eigenvalue weighted by Crippen LogP contribution is -2.41. The molecule has 0 aromatic heterocycles. The molecule has 43 heavy (non-hydrogen) atoms. The Kier molecular flexibility index (Phi) is 5.69. The Balaban J connectivity index is 1.59. The second-order valence-electron chi connectivity index (χ2n) is 10.2. The molecule has 4 N–H and O–H groups in total. The molecule has 0 fully saturated rings. The van der Waals surface area contributed by atoms with Crippen LogP contribution in [0.5, 0.6) is 23.0 Å². The van der Waals surface area contributed by atoms with Crippen molar-refractivity contribution < 1.29 is 44.2 Å². The van der Waals surface area contributed by atoms with Crippen molar-refractivity contribution in [1.29, 1.82) is 0 Å². The average molecular weight is 575 g/mol. The van der Waals surface area contributed by atoms with E-state index in [1.807, 2.05) is 0 Å². The summed E-state index contributed by atoms with van der Waals surface area (Å²) in [4.78, 5) is 26.3. The minimum atomic E-state index is -1.97. The summed E-state index contributed by atoms with van der Waals surface area (Å²) >= 11 is 0. The third-order valence-electron chi connectivity index (χ3n) is 7.59. The summed E-state index contributed by atoms with van der Waals surface area (Å²) in [5.74, 6) is -5.39. The maximum atomic E-state index is 13.2. The minimum absolute atomic E-state index is 0.00657. The summed E-state index contributed by atoms with van der Waals surface area (Å²) in [5, 5.41) is 40.2. The zero-order valence-electron chi connectivity index (χ0n) is 22.2. The number of phenolic OH excluding ortho intramolecular Hbond substituents is 4. The predicted molar refractivity (Wildman–Crippen MR) is 154 cm³/mol. The molecule has 7 rings (SSSR count). The molecule has 0 saturated carbocycles. The zero-order chi connectivity index (χ0) is 29.9. The highest BCUT2D eigenvalue weighted by molar-refractivity contribution is 6.16. The van der Waals surface area contributed by atoms with Gasteiger partial charge in [-0.1, -0.05) is 48.5 Å². The normalized spacial score (nSPS) is 22.6. The number of aromatic hydroxyl groups is 4. The molecule has 0 aliphatic carbocycles. The van der Waals surface area contributed by atoms with Gasteiger partial charge in [0.1, 0.15) is 23.0 Å². The van der Waals surface area contributed by atoms with E-state index < -0.39 is 23.5 Å². The van der Waals surface area contributed by atoms with E-state index in [0.717, 1.165) is 0 Å². The largest absolute Gasteiger partial charge is 0.508 e. The maximum Gasteiger partial charge on any atom is 0.334 e. The summed E-state index contributed by atoms with van der Waals surface area (Å²) in [7, 11) is 0. The lowest BCUT2D eigenvalue weighted by Gasteiger charge is -2.34. The van der Waals surface area contributed by atoms with Crippen molar-refractivity contribution in [2.45, 2.75) is 11.6 Å². The van der Waals surface area contributed by atoms with Crippen molar-refractivity contribution in [3.63, 3.8) is 0 Å². The summed E-state index contributed by atoms with van der Waals surface area (Å²) < 4.78 is 19.0. The number of hydrogen-bond donors (Lipinski definition) is 4. The Morgan fingerprint density at radius 3 is 1.00 bits per heavy atom. The SMILES string of the molecule is O=C1C=C(c2ccc(O)cc2)[C@]2(O1)O[C@]1(OC(=O)C=C1c1ccc(O)cc1)C(c1ccc(O)cc1)=C2c1ccc(O)cc1. The first-order valence-corrected chi connectivity index (χ1v) is 13.2. The van der Waals surface area contributed by atoms with Crippen LogP contribution in [0.2, 0.25) is 0 Å². The fourth-order valence-corrected chi connectivity index (χ4v) is 5.79. The highest BCUT2D eigenvalue weighted by Gasteiger charge is 2.67. The van der Waals surface area contributed by atoms with Crippen LogP contribution in [0.1, 0.15) is 22.3 Å². The van der Waals surface area contributed by atoms with Crippen LogP contribution in [0.4, 0.5) is 0 Å². The molecule has 9 nitrogen and oxygen atoms in total. The summed E-state index contributed by atoms with van der Waals surface area (Å²) in [6, 6.07) is 24.6. The Hall–Kier alpha value is -5.80. The molecule has 3 aliphatic heterocycles. The number of phenols is 4. The molecule has 4 aromatic carbocycles. The van der Waals surface area contributed by atoms with Crippen LogP contribution < -0.4 is 0 Å². The maximum absolute atomic E-state index is 13.2. The third-order valence-corrected chi connectivity index (χ3v) is 7.59. The van der Waals surface area contributed by atoms with Gasteiger partial charge >= 0.3 is 11.9 Å². The van der Waals surface area contributed by atoms with Gasteiger partial charge in [0.2, 0.25) is 0 Å². The highest BCUT2D eigenvalue weighted by atomic mass is 16.8. The Bertz CT molecular complexity index is 1740. The first-order valence-electron chi connectivity index (χ1n) is 13.2. The van der Waals surface area contributed by atoms with Gasteiger partial charge in [0.15, 0.2) is 0 Å². The van der Waals surface area contributed by atoms with Gasteiger partial charge in [-0.15, -0.1) is 0 Å². The number of rotatable bonds is 4. The molecule has 0 amide bonds. The molecular weight excluding hydrogens is 552 g/mol. The fourth-order valence-electron chi connectivity index (χ4n) is 5.79. The number of hydrogen-bond acceptors (Lipinski definition) is 9. The molecule has 4 aromatic rings. The van der Waals surface area contributed by atoms with Gasteiger partial charge in [-0.3, -0.25) is 4.74 Å². The van der Waals surface area contributed by atoms with Gasteiger partial charge in [-0.05, 0) is 70.8 Å². The van der Waals surface area contributed by atoms with E-state index in [0.29, 0.717) is 33.4 Å². The van der Waals surface area contributed by atoms with E-state index in [1.165, 1.54) is 60.7 Å². The van der Waals surface area contributed by atoms with E-state index in [1.54, 1.807) is 48.5 Å². The summed E-state index contributed by atoms with van der Waals surface area (Å²) in [5.41, 5.74) is 3.10. The lowest BCUT2D eigenvalue weighted by atomic mass is 9.81. The Morgan fingerprint density at radius 1 is 0.419 bits per heavy atom. The quantitative estimate of drug-likeness (QED) is 0.244. The number of ether oxygens (including phenoxy) is 3. The summed E-state index contributed by atoms with van der Waals surface area (Å²) in [6.45, 7) is 0. The second-order valence-corrected chi connectivity index (χ2v) is 10.2. The number of carbonyl (C=O) groups excluding carboxylic acids is 2. The Labute approximate surface area is 244 Å². The van der Waals surface area contributed by atoms with Crippen molar-refractivity contribution in [2.24, 2.45) is 0 Å². The zero-order valence-corrected chi connectivity index (χ0v) is 22.2. The average Bonchev–Trinajstić information content (AvgIpc) is 3.59. The predicted octanol–water partition coefficient (Wildman–Crippen LogP) is 5.12. The second kappa shape index (κ2) is 9.37. The summed E-state index contributed by atoms with van der Waals surface area (Å²) in [6.07, 6.45) is 2.56. The fraction of sp³-hybridized carbons (Fsp3) is 0.0588. The van der Waals surface area contributed by atoms with Crippen LogP contribution >= 0.6 is 0 Å². The van der Waals surface area contributed by atoms with Crippen LogP contribution in [0.15, 0.2) is 109 Å². The molecule has 0 radical (unpaired) electrons. The van der Waals surface area contributed by atoms with Crippen molar-refractivity contribution in [2.75, 3.05) is 0 Å². The van der Waals surface area contributed by atoms with Gasteiger partial charge in [-0.2, -0.15) is 0 Å². The van der Waals surface area contributed by atoms with Crippen LogP contribution in [0, 0.1) is 0 Å². The minimum Gasteiger partial charge on any atom is -0.508 e. The van der Waals surface area contributed by atoms with E-state index in [2.05, 4.69) is 0 Å². The standard InChI is InChI=1S/C34H22O9/c35-23-9-1-19(2-10-23)27-17-29(39)41-33(27)31(21-5-13-25(37)14-6-21)32(22-7-15-26(38)16-8-22)34(43-33)28(18-30(40)42-34)20-3-11-24(36)12-4-20/h1-18,35-38H/t33-,34-/m0/s1. The van der Waals surface area contributed by atoms with Crippen molar-refractivity contribution in [1.82, 2.24) is 0 Å². The van der Waals surface area contributed by atoms with Gasteiger partial charge < -0.3 is 29.9 Å². The van der Waals surface area contributed by atoms with Crippen molar-refractivity contribution in [3.8, 4) is 23.0 Å². The van der Waals surface area contributed by atoms with Gasteiger partial charge in [0.25, 0.3) is 11.6 Å². The molecule has 2 atom stereocenters. The molecule has 212 valence electrons. The monoisotopic (exact) mass is 574 g/mol. The van der Waals surface area contributed by atoms with Crippen LogP contribution in [-0.4, -0.2) is 43.9 Å². The van der Waals surface area contributed by atoms with E-state index >= 15 is 0 Å². The number of benzene rings is 4. The molecular formula is C34H22O9. The van der Waals surface area contributed by atoms with Crippen molar-refractivity contribution in [3.05, 3.63) is 131 Å². The van der Waals surface area contributed by atoms with E-state index in [9.17, 15) is 30.0 Å². The number of esters is 2. The molecule has 3 heterocycles. The molecule has 3 aliphatic rings. The Morgan fingerprint density at radius 2 is 0.698 bits per heavy atom. The lowest BCUT2D eigenvalue weighted by molar-refractivity contribution is -0.232. The molecule has 0 bridgehead atoms. The first kappa shape index (κ1) is 26.1. The first-order chi connectivity index (χ1) is 20.7. The van der Waals surface area contributed by atoms with Crippen molar-refractivity contribution >= 4 is 34.2 Å². The van der Waals surface area contributed by atoms with Crippen LogP contribution in [0.25, 0.3) is 22.3 Å². The molecule has 2 spiro atoms. The highest BCUT2D eigenvalue weighted by Crippen LogP contribution is 2.63. The van der Waals surface area contributed by atoms with Gasteiger partial charge in [0.05, 0.1) is 0 Å². The topological polar surface area (TPSA) is 143 Å². The van der Waals surface area contributed by atoms with E-state index in [-0.39, 0.29) is 34.1 Å². The number of carbonyl (C=O) groups is 2. The van der Waals surface area contributed by atoms with Gasteiger partial charge in [-0.25, -0.2) is 9.59 Å². The third kappa shape index (κ3) is 4.05. The van der Waals surface area contributed by atoms with Crippen LogP contribution in [0.3, 0.4) is 0 Å². The van der Waals surface area contributed by atoms with Gasteiger partial charge in [0, 0.05) is 34.4 Å². The molecule has 0 unspecified atom stereocenters. The van der Waals surface area contributed by atoms with E-state index in [4.69, 9.17) is 14.2 Å². The molecule has 9 heteroatoms. The smallest absolute Gasteiger partial charge is 0.334 e. The van der Waals surface area contributed by atoms with Crippen LogP contribution in [-0.2, 0) is 23.8 Å².